The van der Waals surface area contributed by atoms with Crippen molar-refractivity contribution in [3.63, 3.8) is 0 Å². The number of alkyl halides is 3. The van der Waals surface area contributed by atoms with Gasteiger partial charge in [0.15, 0.2) is 0 Å². The first-order valence-corrected chi connectivity index (χ1v) is 11.8. The Labute approximate surface area is 220 Å². The minimum atomic E-state index is -4.57. The number of fused-ring (bicyclic) bond motifs is 1. The summed E-state index contributed by atoms with van der Waals surface area (Å²) in [7, 11) is 1.78. The maximum Gasteiger partial charge on any atom is 0.416 e. The molecule has 39 heavy (non-hydrogen) atoms. The Morgan fingerprint density at radius 1 is 1.10 bits per heavy atom. The van der Waals surface area contributed by atoms with Crippen LogP contribution in [-0.4, -0.2) is 31.7 Å². The van der Waals surface area contributed by atoms with Crippen molar-refractivity contribution >= 4 is 40.9 Å². The second kappa shape index (κ2) is 9.74. The van der Waals surface area contributed by atoms with Crippen molar-refractivity contribution in [2.24, 2.45) is 7.05 Å². The Hall–Kier alpha value is -4.94. The Bertz CT molecular complexity index is 1600. The summed E-state index contributed by atoms with van der Waals surface area (Å²) < 4.78 is 40.8. The van der Waals surface area contributed by atoms with Crippen molar-refractivity contribution in [2.75, 3.05) is 20.9 Å². The van der Waals surface area contributed by atoms with E-state index in [0.29, 0.717) is 34.5 Å². The van der Waals surface area contributed by atoms with Crippen LogP contribution in [0.3, 0.4) is 0 Å². The molecule has 0 saturated carbocycles. The van der Waals surface area contributed by atoms with Crippen LogP contribution < -0.4 is 20.9 Å². The van der Waals surface area contributed by atoms with Crippen molar-refractivity contribution < 1.29 is 22.8 Å². The lowest BCUT2D eigenvalue weighted by atomic mass is 10.1. The Morgan fingerprint density at radius 3 is 2.62 bits per heavy atom. The maximum absolute atomic E-state index is 13.0. The molecule has 3 heterocycles. The van der Waals surface area contributed by atoms with Gasteiger partial charge in [-0.05, 0) is 49.7 Å². The van der Waals surface area contributed by atoms with E-state index in [1.807, 2.05) is 13.0 Å². The third-order valence-electron chi connectivity index (χ3n) is 6.12. The minimum absolute atomic E-state index is 0.139. The summed E-state index contributed by atoms with van der Waals surface area (Å²) >= 11 is 0. The van der Waals surface area contributed by atoms with Crippen molar-refractivity contribution in [1.29, 1.82) is 0 Å². The van der Waals surface area contributed by atoms with E-state index < -0.39 is 23.7 Å². The number of hydrogen-bond acceptors (Lipinski definition) is 6. The molecule has 3 amide bonds. The molecule has 13 heteroatoms. The van der Waals surface area contributed by atoms with Crippen LogP contribution in [0.5, 0.6) is 0 Å². The van der Waals surface area contributed by atoms with Gasteiger partial charge in [0.25, 0.3) is 5.91 Å². The van der Waals surface area contributed by atoms with Gasteiger partial charge >= 0.3 is 12.2 Å². The van der Waals surface area contributed by atoms with Crippen LogP contribution in [0.25, 0.3) is 0 Å². The molecule has 0 unspecified atom stereocenters. The number of aromatic nitrogens is 4. The van der Waals surface area contributed by atoms with E-state index in [9.17, 15) is 22.8 Å². The molecule has 0 atom stereocenters. The molecule has 1 aliphatic heterocycles. The van der Waals surface area contributed by atoms with Gasteiger partial charge in [0.1, 0.15) is 11.6 Å². The average molecular weight is 537 g/mol. The fourth-order valence-corrected chi connectivity index (χ4v) is 4.16. The summed E-state index contributed by atoms with van der Waals surface area (Å²) in [6, 6.07) is 10.5. The van der Waals surface area contributed by atoms with Gasteiger partial charge in [0.2, 0.25) is 5.95 Å². The number of halogens is 3. The summed E-state index contributed by atoms with van der Waals surface area (Å²) in [6.07, 6.45) is -2.96. The highest BCUT2D eigenvalue weighted by Gasteiger charge is 2.31. The highest BCUT2D eigenvalue weighted by molar-refractivity contribution is 6.06. The number of nitrogens with zero attached hydrogens (tertiary/aromatic N) is 5. The van der Waals surface area contributed by atoms with Gasteiger partial charge in [-0.25, -0.2) is 9.78 Å². The van der Waals surface area contributed by atoms with Crippen LogP contribution in [0.4, 0.5) is 46.9 Å². The fourth-order valence-electron chi connectivity index (χ4n) is 4.16. The topological polar surface area (TPSA) is 117 Å². The van der Waals surface area contributed by atoms with Gasteiger partial charge < -0.3 is 10.6 Å². The Kier molecular flexibility index (Phi) is 6.42. The second-order valence-electron chi connectivity index (χ2n) is 9.04. The number of benzene rings is 2. The van der Waals surface area contributed by atoms with E-state index >= 15 is 0 Å². The smallest absolute Gasteiger partial charge is 0.322 e. The monoisotopic (exact) mass is 536 g/mol. The van der Waals surface area contributed by atoms with E-state index in [1.165, 1.54) is 17.0 Å². The summed E-state index contributed by atoms with van der Waals surface area (Å²) in [5.41, 5.74) is 2.01. The molecule has 4 aromatic rings. The van der Waals surface area contributed by atoms with E-state index in [4.69, 9.17) is 0 Å². The first-order chi connectivity index (χ1) is 18.5. The summed E-state index contributed by atoms with van der Waals surface area (Å²) in [4.78, 5) is 36.0. The van der Waals surface area contributed by atoms with Crippen molar-refractivity contribution in [3.8, 4) is 0 Å². The molecule has 1 aliphatic rings. The van der Waals surface area contributed by atoms with Crippen LogP contribution in [0.15, 0.2) is 54.7 Å². The number of carbonyl (C=O) groups is 2. The first kappa shape index (κ1) is 25.7. The van der Waals surface area contributed by atoms with E-state index in [2.05, 4.69) is 31.0 Å². The molecule has 0 radical (unpaired) electrons. The van der Waals surface area contributed by atoms with Crippen LogP contribution in [0.1, 0.15) is 32.7 Å². The maximum atomic E-state index is 13.0. The van der Waals surface area contributed by atoms with Gasteiger partial charge in [0, 0.05) is 36.1 Å². The predicted octanol–water partition coefficient (Wildman–Crippen LogP) is 5.39. The van der Waals surface area contributed by atoms with E-state index in [0.717, 1.165) is 23.4 Å². The zero-order valence-corrected chi connectivity index (χ0v) is 21.1. The van der Waals surface area contributed by atoms with Gasteiger partial charge in [-0.3, -0.25) is 19.7 Å². The Morgan fingerprint density at radius 2 is 1.90 bits per heavy atom. The molecule has 0 fully saturated rings. The van der Waals surface area contributed by atoms with Crippen LogP contribution in [0.2, 0.25) is 0 Å². The molecular formula is C26H23F3N8O2. The molecule has 0 saturated heterocycles. The lowest BCUT2D eigenvalue weighted by Gasteiger charge is -2.30. The molecule has 5 rings (SSSR count). The average Bonchev–Trinajstić information content (AvgIpc) is 3.20. The lowest BCUT2D eigenvalue weighted by molar-refractivity contribution is -0.137. The number of anilines is 5. The zero-order valence-electron chi connectivity index (χ0n) is 21.1. The number of aryl methyl sites for hydroxylation is 3. The van der Waals surface area contributed by atoms with Gasteiger partial charge in [-0.1, -0.05) is 12.1 Å². The number of amides is 3. The largest absolute Gasteiger partial charge is 0.416 e. The normalized spacial score (nSPS) is 13.1. The molecule has 10 nitrogen and oxygen atoms in total. The van der Waals surface area contributed by atoms with Crippen LogP contribution >= 0.6 is 0 Å². The summed E-state index contributed by atoms with van der Waals surface area (Å²) in [6.45, 7) is 3.83. The number of carbonyl (C=O) groups excluding carboxylic acids is 2. The van der Waals surface area contributed by atoms with Gasteiger partial charge in [-0.2, -0.15) is 23.3 Å². The van der Waals surface area contributed by atoms with E-state index in [1.54, 1.807) is 43.0 Å². The number of hydrogen-bond donors (Lipinski definition) is 3. The van der Waals surface area contributed by atoms with Gasteiger partial charge in [-0.15, -0.1) is 0 Å². The number of nitrogens with one attached hydrogen (secondary N) is 3. The summed E-state index contributed by atoms with van der Waals surface area (Å²) in [5.74, 6) is 0.637. The zero-order chi connectivity index (χ0) is 27.9. The molecule has 0 bridgehead atoms. The van der Waals surface area contributed by atoms with Crippen molar-refractivity contribution in [3.05, 3.63) is 82.7 Å². The van der Waals surface area contributed by atoms with Crippen LogP contribution in [-0.2, 0) is 19.8 Å². The van der Waals surface area contributed by atoms with Crippen molar-refractivity contribution in [2.45, 2.75) is 26.6 Å². The third-order valence-corrected chi connectivity index (χ3v) is 6.12. The third kappa shape index (κ3) is 5.37. The second-order valence-corrected chi connectivity index (χ2v) is 9.04. The molecule has 2 aromatic heterocycles. The lowest BCUT2D eigenvalue weighted by Crippen LogP contribution is -2.39. The number of rotatable bonds is 5. The number of urea groups is 1. The minimum Gasteiger partial charge on any atom is -0.322 e. The predicted molar refractivity (Wildman–Crippen MR) is 139 cm³/mol. The SMILES string of the molecule is Cc1cc(Nc2ncc3c(n2)NC(=O)N(c2cc(NC(=O)c4cccc(C(F)(F)F)c4)ccc2C)C3)n(C)n1. The summed E-state index contributed by atoms with van der Waals surface area (Å²) in [5, 5.41) is 12.7. The standard InChI is InChI=1S/C26H23F3N8O2/c1-14-7-8-19(31-23(38)16-5-4-6-18(10-16)26(27,28)29)11-20(14)37-13-17-12-30-24(33-22(17)34-25(37)39)32-21-9-15(2)35-36(21)3/h4-12H,13H2,1-3H3,(H,31,38)(H2,30,32,33,34,39). The molecule has 200 valence electrons. The highest BCUT2D eigenvalue weighted by atomic mass is 19.4. The quantitative estimate of drug-likeness (QED) is 0.315. The molecule has 3 N–H and O–H groups in total. The van der Waals surface area contributed by atoms with Crippen LogP contribution in [0, 0.1) is 13.8 Å². The first-order valence-electron chi connectivity index (χ1n) is 11.8. The van der Waals surface area contributed by atoms with Crippen molar-refractivity contribution in [1.82, 2.24) is 19.7 Å². The highest BCUT2D eigenvalue weighted by Crippen LogP contribution is 2.32. The molecule has 2 aromatic carbocycles. The molecule has 0 spiro atoms. The van der Waals surface area contributed by atoms with Gasteiger partial charge in [0.05, 0.1) is 23.5 Å². The molecule has 0 aliphatic carbocycles. The fraction of sp³-hybridized carbons (Fsp3) is 0.192. The Balaban J connectivity index is 1.35. The van der Waals surface area contributed by atoms with E-state index in [-0.39, 0.29) is 12.1 Å². The molecular weight excluding hydrogens is 513 g/mol.